The third-order valence-electron chi connectivity index (χ3n) is 3.48. The predicted molar refractivity (Wildman–Crippen MR) is 75.1 cm³/mol. The summed E-state index contributed by atoms with van der Waals surface area (Å²) in [7, 11) is 3.77. The van der Waals surface area contributed by atoms with Gasteiger partial charge in [-0.05, 0) is 48.6 Å². The number of methoxy groups -OCH3 is 1. The van der Waals surface area contributed by atoms with Crippen molar-refractivity contribution in [2.45, 2.75) is 12.3 Å². The molecule has 1 heterocycles. The van der Waals surface area contributed by atoms with Crippen molar-refractivity contribution in [3.8, 4) is 5.75 Å². The molecule has 0 saturated carbocycles. The van der Waals surface area contributed by atoms with Crippen LogP contribution in [0.5, 0.6) is 5.75 Å². The van der Waals surface area contributed by atoms with Crippen molar-refractivity contribution in [1.82, 2.24) is 5.32 Å². The van der Waals surface area contributed by atoms with Crippen LogP contribution in [-0.2, 0) is 0 Å². The van der Waals surface area contributed by atoms with Crippen molar-refractivity contribution in [1.29, 1.82) is 0 Å². The highest BCUT2D eigenvalue weighted by Crippen LogP contribution is 2.36. The molecule has 0 bridgehead atoms. The van der Waals surface area contributed by atoms with Crippen LogP contribution >= 0.6 is 11.8 Å². The Labute approximate surface area is 108 Å². The van der Waals surface area contributed by atoms with E-state index in [2.05, 4.69) is 35.3 Å². The highest BCUT2D eigenvalue weighted by Gasteiger charge is 2.26. The molecule has 0 amide bonds. The van der Waals surface area contributed by atoms with Gasteiger partial charge in [-0.25, -0.2) is 0 Å². The molecule has 1 aromatic rings. The van der Waals surface area contributed by atoms with E-state index in [-0.39, 0.29) is 0 Å². The number of nitrogens with one attached hydrogen (secondary N) is 1. The molecule has 94 valence electrons. The van der Waals surface area contributed by atoms with Gasteiger partial charge in [0.25, 0.3) is 0 Å². The molecule has 1 aromatic carbocycles. The lowest BCUT2D eigenvalue weighted by Gasteiger charge is -2.23. The Morgan fingerprint density at radius 1 is 1.53 bits per heavy atom. The summed E-state index contributed by atoms with van der Waals surface area (Å²) >= 11 is 2.08. The van der Waals surface area contributed by atoms with E-state index < -0.39 is 0 Å². The molecule has 1 N–H and O–H groups in total. The Morgan fingerprint density at radius 3 is 3.06 bits per heavy atom. The average Bonchev–Trinajstić information content (AvgIpc) is 2.89. The zero-order valence-electron chi connectivity index (χ0n) is 10.6. The van der Waals surface area contributed by atoms with Crippen molar-refractivity contribution >= 4 is 11.8 Å². The minimum Gasteiger partial charge on any atom is -0.497 e. The second-order valence-corrected chi connectivity index (χ2v) is 5.71. The van der Waals surface area contributed by atoms with Crippen LogP contribution in [0.25, 0.3) is 0 Å². The molecule has 1 saturated heterocycles. The Morgan fingerprint density at radius 2 is 2.41 bits per heavy atom. The van der Waals surface area contributed by atoms with Gasteiger partial charge in [0.2, 0.25) is 0 Å². The quantitative estimate of drug-likeness (QED) is 0.869. The molecule has 3 heteroatoms. The molecule has 0 aliphatic carbocycles. The van der Waals surface area contributed by atoms with E-state index in [0.29, 0.717) is 5.92 Å². The van der Waals surface area contributed by atoms with Crippen LogP contribution in [0.2, 0.25) is 0 Å². The molecule has 2 atom stereocenters. The molecular weight excluding hydrogens is 230 g/mol. The zero-order valence-corrected chi connectivity index (χ0v) is 11.4. The fourth-order valence-corrected chi connectivity index (χ4v) is 3.86. The largest absolute Gasteiger partial charge is 0.497 e. The van der Waals surface area contributed by atoms with Crippen LogP contribution in [-0.4, -0.2) is 32.2 Å². The minimum atomic E-state index is 0.616. The molecule has 0 radical (unpaired) electrons. The summed E-state index contributed by atoms with van der Waals surface area (Å²) in [6.07, 6.45) is 1.34. The number of thioether (sulfide) groups is 1. The maximum absolute atomic E-state index is 5.32. The molecule has 2 unspecified atom stereocenters. The second-order valence-electron chi connectivity index (χ2n) is 4.56. The molecule has 1 aliphatic rings. The van der Waals surface area contributed by atoms with E-state index in [1.807, 2.05) is 13.1 Å². The van der Waals surface area contributed by atoms with Gasteiger partial charge in [-0.2, -0.15) is 11.8 Å². The Hall–Kier alpha value is -0.670. The van der Waals surface area contributed by atoms with Gasteiger partial charge in [0.15, 0.2) is 0 Å². The number of hydrogen-bond acceptors (Lipinski definition) is 3. The first-order valence-electron chi connectivity index (χ1n) is 6.21. The van der Waals surface area contributed by atoms with Crippen LogP contribution < -0.4 is 10.1 Å². The first-order chi connectivity index (χ1) is 8.35. The fourth-order valence-electron chi connectivity index (χ4n) is 2.52. The number of rotatable bonds is 5. The second kappa shape index (κ2) is 6.31. The molecule has 2 nitrogen and oxygen atoms in total. The maximum Gasteiger partial charge on any atom is 0.119 e. The fraction of sp³-hybridized carbons (Fsp3) is 0.571. The van der Waals surface area contributed by atoms with Gasteiger partial charge in [0.1, 0.15) is 5.75 Å². The van der Waals surface area contributed by atoms with Gasteiger partial charge >= 0.3 is 0 Å². The standard InChI is InChI=1S/C14H21NOS/c1-15-9-14(12-6-7-17-10-12)11-4-3-5-13(8-11)16-2/h3-5,8,12,14-15H,6-7,9-10H2,1-2H3. The van der Waals surface area contributed by atoms with E-state index in [9.17, 15) is 0 Å². The number of likely N-dealkylation sites (N-methyl/N-ethyl adjacent to an activating group) is 1. The highest BCUT2D eigenvalue weighted by molar-refractivity contribution is 7.99. The zero-order chi connectivity index (χ0) is 12.1. The van der Waals surface area contributed by atoms with Gasteiger partial charge in [0.05, 0.1) is 7.11 Å². The van der Waals surface area contributed by atoms with Crippen LogP contribution in [0.3, 0.4) is 0 Å². The molecule has 0 spiro atoms. The summed E-state index contributed by atoms with van der Waals surface area (Å²) in [5, 5.41) is 3.33. The number of benzene rings is 1. The number of ether oxygens (including phenoxy) is 1. The molecule has 1 aliphatic heterocycles. The number of hydrogen-bond donors (Lipinski definition) is 1. The molecule has 17 heavy (non-hydrogen) atoms. The lowest BCUT2D eigenvalue weighted by Crippen LogP contribution is -2.24. The topological polar surface area (TPSA) is 21.3 Å². The van der Waals surface area contributed by atoms with Crippen molar-refractivity contribution in [3.63, 3.8) is 0 Å². The van der Waals surface area contributed by atoms with Gasteiger partial charge in [-0.1, -0.05) is 12.1 Å². The summed E-state index contributed by atoms with van der Waals surface area (Å²) in [5.74, 6) is 5.00. The summed E-state index contributed by atoms with van der Waals surface area (Å²) < 4.78 is 5.32. The monoisotopic (exact) mass is 251 g/mol. The van der Waals surface area contributed by atoms with Crippen LogP contribution in [0.15, 0.2) is 24.3 Å². The Bertz CT molecular complexity index is 350. The lowest BCUT2D eigenvalue weighted by molar-refractivity contribution is 0.410. The van der Waals surface area contributed by atoms with Gasteiger partial charge < -0.3 is 10.1 Å². The summed E-state index contributed by atoms with van der Waals surface area (Å²) in [6.45, 7) is 1.05. The van der Waals surface area contributed by atoms with Crippen LogP contribution in [0.1, 0.15) is 17.9 Å². The van der Waals surface area contributed by atoms with E-state index in [1.54, 1.807) is 7.11 Å². The van der Waals surface area contributed by atoms with Crippen LogP contribution in [0.4, 0.5) is 0 Å². The van der Waals surface area contributed by atoms with Crippen molar-refractivity contribution < 1.29 is 4.74 Å². The predicted octanol–water partition coefficient (Wildman–Crippen LogP) is 2.75. The van der Waals surface area contributed by atoms with Crippen molar-refractivity contribution in [3.05, 3.63) is 29.8 Å². The Balaban J connectivity index is 2.18. The maximum atomic E-state index is 5.32. The summed E-state index contributed by atoms with van der Waals surface area (Å²) in [5.41, 5.74) is 1.41. The third-order valence-corrected chi connectivity index (χ3v) is 4.67. The SMILES string of the molecule is CNCC(c1cccc(OC)c1)C1CCSC1. The van der Waals surface area contributed by atoms with Crippen molar-refractivity contribution in [2.24, 2.45) is 5.92 Å². The van der Waals surface area contributed by atoms with Gasteiger partial charge in [0, 0.05) is 12.5 Å². The molecule has 2 rings (SSSR count). The van der Waals surface area contributed by atoms with E-state index in [0.717, 1.165) is 18.2 Å². The van der Waals surface area contributed by atoms with Gasteiger partial charge in [-0.15, -0.1) is 0 Å². The van der Waals surface area contributed by atoms with E-state index >= 15 is 0 Å². The molecule has 0 aromatic heterocycles. The van der Waals surface area contributed by atoms with Crippen LogP contribution in [0, 0.1) is 5.92 Å². The summed E-state index contributed by atoms with van der Waals surface area (Å²) in [4.78, 5) is 0. The molecule has 1 fully saturated rings. The van der Waals surface area contributed by atoms with E-state index in [1.165, 1.54) is 23.5 Å². The first-order valence-corrected chi connectivity index (χ1v) is 7.37. The van der Waals surface area contributed by atoms with Crippen molar-refractivity contribution in [2.75, 3.05) is 32.2 Å². The average molecular weight is 251 g/mol. The third kappa shape index (κ3) is 3.17. The minimum absolute atomic E-state index is 0.616. The normalized spacial score (nSPS) is 21.4. The highest BCUT2D eigenvalue weighted by atomic mass is 32.2. The molecular formula is C14H21NOS. The lowest BCUT2D eigenvalue weighted by atomic mass is 9.85. The van der Waals surface area contributed by atoms with E-state index in [4.69, 9.17) is 4.74 Å². The van der Waals surface area contributed by atoms with Gasteiger partial charge in [-0.3, -0.25) is 0 Å². The first kappa shape index (κ1) is 12.8. The summed E-state index contributed by atoms with van der Waals surface area (Å²) in [6, 6.07) is 8.53. The smallest absolute Gasteiger partial charge is 0.119 e. The Kier molecular flexibility index (Phi) is 4.75.